The highest BCUT2D eigenvalue weighted by Gasteiger charge is 2.25. The van der Waals surface area contributed by atoms with Gasteiger partial charge in [-0.05, 0) is 47.9 Å². The molecule has 0 bridgehead atoms. The van der Waals surface area contributed by atoms with E-state index in [1.54, 1.807) is 13.2 Å². The molecule has 22 heavy (non-hydrogen) atoms. The number of methoxy groups -OCH3 is 1. The smallest absolute Gasteiger partial charge is 0.123 e. The van der Waals surface area contributed by atoms with Gasteiger partial charge in [0.05, 0.1) is 13.2 Å². The van der Waals surface area contributed by atoms with E-state index in [2.05, 4.69) is 22.4 Å². The van der Waals surface area contributed by atoms with Crippen LogP contribution in [0, 0.1) is 5.82 Å². The standard InChI is InChI=1S/C18H17FN2O/c1-22-13-5-2-11(3-6-13)17-18-14(8-9-20-17)15-10-12(19)4-7-16(15)21-18/h2-7,10,17,20-21H,8-9H2,1H3. The third-order valence-corrected chi connectivity index (χ3v) is 4.36. The fourth-order valence-corrected chi connectivity index (χ4v) is 3.28. The van der Waals surface area contributed by atoms with Gasteiger partial charge in [0.2, 0.25) is 0 Å². The van der Waals surface area contributed by atoms with Crippen molar-refractivity contribution in [1.82, 2.24) is 10.3 Å². The lowest BCUT2D eigenvalue weighted by Crippen LogP contribution is -2.30. The topological polar surface area (TPSA) is 37.0 Å². The predicted molar refractivity (Wildman–Crippen MR) is 84.8 cm³/mol. The first-order valence-electron chi connectivity index (χ1n) is 7.43. The van der Waals surface area contributed by atoms with Gasteiger partial charge in [-0.15, -0.1) is 0 Å². The molecule has 1 atom stereocenters. The molecule has 1 aromatic heterocycles. The number of nitrogens with one attached hydrogen (secondary N) is 2. The van der Waals surface area contributed by atoms with Gasteiger partial charge in [-0.1, -0.05) is 12.1 Å². The van der Waals surface area contributed by atoms with Gasteiger partial charge in [0.15, 0.2) is 0 Å². The average Bonchev–Trinajstić information content (AvgIpc) is 2.93. The van der Waals surface area contributed by atoms with Crippen LogP contribution in [0.15, 0.2) is 42.5 Å². The van der Waals surface area contributed by atoms with Crippen molar-refractivity contribution >= 4 is 10.9 Å². The van der Waals surface area contributed by atoms with Crippen LogP contribution >= 0.6 is 0 Å². The SMILES string of the molecule is COc1ccc(C2NCCc3c2[nH]c2ccc(F)cc32)cc1. The summed E-state index contributed by atoms with van der Waals surface area (Å²) < 4.78 is 18.8. The quantitative estimate of drug-likeness (QED) is 0.759. The Morgan fingerprint density at radius 3 is 2.73 bits per heavy atom. The van der Waals surface area contributed by atoms with Crippen molar-refractivity contribution in [3.8, 4) is 5.75 Å². The molecular weight excluding hydrogens is 279 g/mol. The van der Waals surface area contributed by atoms with Crippen molar-refractivity contribution < 1.29 is 9.13 Å². The molecule has 2 N–H and O–H groups in total. The van der Waals surface area contributed by atoms with Gasteiger partial charge >= 0.3 is 0 Å². The molecular formula is C18H17FN2O. The number of halogens is 1. The van der Waals surface area contributed by atoms with Crippen LogP contribution in [0.5, 0.6) is 5.75 Å². The molecule has 112 valence electrons. The fourth-order valence-electron chi connectivity index (χ4n) is 3.28. The normalized spacial score (nSPS) is 17.5. The van der Waals surface area contributed by atoms with Gasteiger partial charge in [-0.25, -0.2) is 4.39 Å². The summed E-state index contributed by atoms with van der Waals surface area (Å²) in [5, 5.41) is 4.53. The van der Waals surface area contributed by atoms with E-state index in [-0.39, 0.29) is 11.9 Å². The van der Waals surface area contributed by atoms with Crippen LogP contribution in [0.1, 0.15) is 22.9 Å². The molecule has 0 saturated heterocycles. The van der Waals surface area contributed by atoms with Gasteiger partial charge in [0, 0.05) is 23.1 Å². The number of fused-ring (bicyclic) bond motifs is 3. The highest BCUT2D eigenvalue weighted by atomic mass is 19.1. The molecule has 0 aliphatic carbocycles. The van der Waals surface area contributed by atoms with Gasteiger partial charge in [-0.3, -0.25) is 0 Å². The summed E-state index contributed by atoms with van der Waals surface area (Å²) in [7, 11) is 1.66. The molecule has 1 aliphatic heterocycles. The number of benzene rings is 2. The number of ether oxygens (including phenoxy) is 1. The van der Waals surface area contributed by atoms with Crippen LogP contribution in [-0.4, -0.2) is 18.6 Å². The lowest BCUT2D eigenvalue weighted by atomic mass is 9.94. The van der Waals surface area contributed by atoms with E-state index < -0.39 is 0 Å². The second-order valence-corrected chi connectivity index (χ2v) is 5.62. The summed E-state index contributed by atoms with van der Waals surface area (Å²) in [5.74, 6) is 0.660. The van der Waals surface area contributed by atoms with E-state index in [9.17, 15) is 4.39 Å². The lowest BCUT2D eigenvalue weighted by molar-refractivity contribution is 0.414. The summed E-state index contributed by atoms with van der Waals surface area (Å²) in [5.41, 5.74) is 4.52. The van der Waals surface area contributed by atoms with Crippen LogP contribution < -0.4 is 10.1 Å². The summed E-state index contributed by atoms with van der Waals surface area (Å²) in [6.07, 6.45) is 0.908. The van der Waals surface area contributed by atoms with Crippen LogP contribution in [0.4, 0.5) is 4.39 Å². The highest BCUT2D eigenvalue weighted by molar-refractivity contribution is 5.85. The summed E-state index contributed by atoms with van der Waals surface area (Å²) in [4.78, 5) is 3.46. The minimum Gasteiger partial charge on any atom is -0.497 e. The first-order chi connectivity index (χ1) is 10.8. The predicted octanol–water partition coefficient (Wildman–Crippen LogP) is 3.55. The number of aromatic amines is 1. The van der Waals surface area contributed by atoms with Crippen LogP contribution in [-0.2, 0) is 6.42 Å². The van der Waals surface area contributed by atoms with E-state index in [1.165, 1.54) is 17.2 Å². The van der Waals surface area contributed by atoms with Crippen LogP contribution in [0.3, 0.4) is 0 Å². The third kappa shape index (κ3) is 2.07. The second kappa shape index (κ2) is 5.14. The van der Waals surface area contributed by atoms with Crippen molar-refractivity contribution in [2.24, 2.45) is 0 Å². The number of hydrogen-bond donors (Lipinski definition) is 2. The fraction of sp³-hybridized carbons (Fsp3) is 0.222. The molecule has 4 heteroatoms. The Balaban J connectivity index is 1.82. The molecule has 2 heterocycles. The zero-order valence-electron chi connectivity index (χ0n) is 12.3. The third-order valence-electron chi connectivity index (χ3n) is 4.36. The lowest BCUT2D eigenvalue weighted by Gasteiger charge is -2.25. The highest BCUT2D eigenvalue weighted by Crippen LogP contribution is 2.34. The monoisotopic (exact) mass is 296 g/mol. The maximum absolute atomic E-state index is 13.5. The maximum atomic E-state index is 13.5. The Morgan fingerprint density at radius 1 is 1.14 bits per heavy atom. The number of rotatable bonds is 2. The Hall–Kier alpha value is -2.33. The van der Waals surface area contributed by atoms with Gasteiger partial charge in [0.25, 0.3) is 0 Å². The molecule has 0 saturated carbocycles. The Morgan fingerprint density at radius 2 is 1.95 bits per heavy atom. The molecule has 0 radical (unpaired) electrons. The molecule has 3 nitrogen and oxygen atoms in total. The number of hydrogen-bond acceptors (Lipinski definition) is 2. The molecule has 0 amide bonds. The van der Waals surface area contributed by atoms with E-state index in [1.807, 2.05) is 18.2 Å². The summed E-state index contributed by atoms with van der Waals surface area (Å²) >= 11 is 0. The second-order valence-electron chi connectivity index (χ2n) is 5.62. The first-order valence-corrected chi connectivity index (χ1v) is 7.43. The zero-order valence-corrected chi connectivity index (χ0v) is 12.3. The molecule has 1 unspecified atom stereocenters. The molecule has 0 fully saturated rings. The minimum absolute atomic E-state index is 0.102. The summed E-state index contributed by atoms with van der Waals surface area (Å²) in [6, 6.07) is 13.1. The van der Waals surface area contributed by atoms with Gasteiger partial charge in [0.1, 0.15) is 11.6 Å². The van der Waals surface area contributed by atoms with Crippen molar-refractivity contribution in [3.05, 3.63) is 65.1 Å². The van der Waals surface area contributed by atoms with Crippen LogP contribution in [0.25, 0.3) is 10.9 Å². The van der Waals surface area contributed by atoms with Crippen molar-refractivity contribution in [3.63, 3.8) is 0 Å². The Bertz CT molecular complexity index is 823. The number of H-pyrrole nitrogens is 1. The maximum Gasteiger partial charge on any atom is 0.123 e. The van der Waals surface area contributed by atoms with E-state index >= 15 is 0 Å². The van der Waals surface area contributed by atoms with Gasteiger partial charge in [-0.2, -0.15) is 0 Å². The average molecular weight is 296 g/mol. The largest absolute Gasteiger partial charge is 0.497 e. The van der Waals surface area contributed by atoms with E-state index in [0.717, 1.165) is 35.3 Å². The molecule has 3 aromatic rings. The Labute approximate surface area is 128 Å². The van der Waals surface area contributed by atoms with Gasteiger partial charge < -0.3 is 15.0 Å². The summed E-state index contributed by atoms with van der Waals surface area (Å²) in [6.45, 7) is 0.882. The van der Waals surface area contributed by atoms with Crippen LogP contribution in [0.2, 0.25) is 0 Å². The van der Waals surface area contributed by atoms with Crippen molar-refractivity contribution in [2.75, 3.05) is 13.7 Å². The first kappa shape index (κ1) is 13.3. The Kier molecular flexibility index (Phi) is 3.12. The molecule has 0 spiro atoms. The van der Waals surface area contributed by atoms with Crippen molar-refractivity contribution in [2.45, 2.75) is 12.5 Å². The minimum atomic E-state index is -0.186. The number of aromatic nitrogens is 1. The molecule has 2 aromatic carbocycles. The zero-order chi connectivity index (χ0) is 15.1. The molecule has 1 aliphatic rings. The van der Waals surface area contributed by atoms with E-state index in [0.29, 0.717) is 0 Å². The molecule has 4 rings (SSSR count). The van der Waals surface area contributed by atoms with E-state index in [4.69, 9.17) is 4.74 Å². The van der Waals surface area contributed by atoms with Crippen molar-refractivity contribution in [1.29, 1.82) is 0 Å².